The number of anilines is 1. The highest BCUT2D eigenvalue weighted by Gasteiger charge is 2.35. The van der Waals surface area contributed by atoms with Crippen LogP contribution in [-0.4, -0.2) is 54.0 Å². The number of nitrogens with one attached hydrogen (secondary N) is 2. The van der Waals surface area contributed by atoms with Crippen molar-refractivity contribution in [2.24, 2.45) is 0 Å². The molecule has 1 saturated heterocycles. The van der Waals surface area contributed by atoms with Crippen molar-refractivity contribution < 1.29 is 23.8 Å². The molecule has 0 spiro atoms. The first-order valence-electron chi connectivity index (χ1n) is 13.2. The average Bonchev–Trinajstić information content (AvgIpc) is 3.12. The number of Topliss-reactive ketones (excluding diaryl/α,β-unsaturated/α-hetero) is 1. The number of aromatic hydroxyl groups is 1. The molecular weight excluding hydrogens is 498 g/mol. The largest absolute Gasteiger partial charge is 0.502 e. The van der Waals surface area contributed by atoms with Crippen LogP contribution < -0.4 is 20.8 Å². The molecule has 3 heterocycles. The molecular formula is C30H33N3O6. The summed E-state index contributed by atoms with van der Waals surface area (Å²) in [5, 5.41) is 17.0. The number of para-hydroxylation sites is 1. The summed E-state index contributed by atoms with van der Waals surface area (Å²) >= 11 is 0. The molecule has 3 N–H and O–H groups in total. The molecule has 9 nitrogen and oxygen atoms in total. The van der Waals surface area contributed by atoms with Gasteiger partial charge in [-0.2, -0.15) is 0 Å². The number of carbonyl (C=O) groups is 2. The summed E-state index contributed by atoms with van der Waals surface area (Å²) in [6, 6.07) is 14.4. The van der Waals surface area contributed by atoms with Gasteiger partial charge in [0.15, 0.2) is 11.5 Å². The van der Waals surface area contributed by atoms with Crippen molar-refractivity contribution in [2.45, 2.75) is 50.7 Å². The lowest BCUT2D eigenvalue weighted by Gasteiger charge is -2.37. The number of carbonyl (C=O) groups excluding carboxylic acids is 2. The van der Waals surface area contributed by atoms with Crippen molar-refractivity contribution in [1.82, 2.24) is 10.2 Å². The maximum absolute atomic E-state index is 13.7. The van der Waals surface area contributed by atoms with E-state index in [0.29, 0.717) is 43.0 Å². The number of methoxy groups -OCH3 is 1. The van der Waals surface area contributed by atoms with E-state index in [1.165, 1.54) is 6.07 Å². The fourth-order valence-electron chi connectivity index (χ4n) is 5.48. The van der Waals surface area contributed by atoms with Gasteiger partial charge in [0, 0.05) is 36.4 Å². The highest BCUT2D eigenvalue weighted by atomic mass is 16.5. The molecule has 2 aliphatic heterocycles. The summed E-state index contributed by atoms with van der Waals surface area (Å²) in [4.78, 5) is 41.2. The van der Waals surface area contributed by atoms with Crippen molar-refractivity contribution in [3.05, 3.63) is 87.5 Å². The molecule has 2 aliphatic rings. The van der Waals surface area contributed by atoms with Crippen LogP contribution in [0.4, 0.5) is 5.69 Å². The fourth-order valence-corrected chi connectivity index (χ4v) is 5.48. The molecule has 0 saturated carbocycles. The molecule has 204 valence electrons. The molecule has 2 atom stereocenters. The first-order valence-corrected chi connectivity index (χ1v) is 13.2. The second-order valence-corrected chi connectivity index (χ2v) is 10.1. The van der Waals surface area contributed by atoms with Gasteiger partial charge in [-0.15, -0.1) is 0 Å². The van der Waals surface area contributed by atoms with Gasteiger partial charge in [0.1, 0.15) is 17.6 Å². The lowest BCUT2D eigenvalue weighted by Crippen LogP contribution is -2.51. The van der Waals surface area contributed by atoms with E-state index in [1.807, 2.05) is 24.3 Å². The Morgan fingerprint density at radius 3 is 2.54 bits per heavy atom. The van der Waals surface area contributed by atoms with Crippen LogP contribution >= 0.6 is 0 Å². The van der Waals surface area contributed by atoms with E-state index in [1.54, 1.807) is 38.3 Å². The first-order chi connectivity index (χ1) is 18.8. The average molecular weight is 532 g/mol. The zero-order chi connectivity index (χ0) is 27.5. The monoisotopic (exact) mass is 531 g/mol. The van der Waals surface area contributed by atoms with E-state index in [9.17, 15) is 19.5 Å². The minimum Gasteiger partial charge on any atom is -0.502 e. The number of nitrogens with zero attached hydrogens (tertiary/aromatic N) is 1. The number of ether oxygens (including phenoxy) is 1. The topological polar surface area (TPSA) is 121 Å². The molecule has 2 unspecified atom stereocenters. The van der Waals surface area contributed by atoms with Crippen molar-refractivity contribution in [3.63, 3.8) is 0 Å². The number of fused-ring (bicyclic) bond motifs is 1. The van der Waals surface area contributed by atoms with Crippen molar-refractivity contribution in [1.29, 1.82) is 0 Å². The maximum Gasteiger partial charge on any atom is 0.241 e. The number of amides is 1. The quantitative estimate of drug-likeness (QED) is 0.396. The van der Waals surface area contributed by atoms with Crippen LogP contribution in [0.5, 0.6) is 11.5 Å². The standard InChI is InChI=1S/C30H33N3O6/c1-18-17-25(34)28(36)29(39-18)26(27(35)20-7-10-22(38-2)11-8-20)31-21-13-15-33(16-14-21)24-12-9-19-5-3-4-6-23(19)32-30(24)37/h3-8,10-11,17,21,24,26,31,36H,9,12-16H2,1-2H3,(H,32,37). The normalized spacial score (nSPS) is 19.0. The van der Waals surface area contributed by atoms with Crippen molar-refractivity contribution in [2.75, 3.05) is 25.5 Å². The number of aryl methyl sites for hydroxylation is 2. The highest BCUT2D eigenvalue weighted by Crippen LogP contribution is 2.30. The van der Waals surface area contributed by atoms with E-state index < -0.39 is 17.2 Å². The van der Waals surface area contributed by atoms with Crippen LogP contribution in [0.1, 0.15) is 52.7 Å². The Balaban J connectivity index is 1.32. The number of rotatable bonds is 7. The molecule has 9 heteroatoms. The Morgan fingerprint density at radius 1 is 1.10 bits per heavy atom. The van der Waals surface area contributed by atoms with E-state index in [0.717, 1.165) is 24.1 Å². The van der Waals surface area contributed by atoms with Crippen molar-refractivity contribution >= 4 is 17.4 Å². The zero-order valence-electron chi connectivity index (χ0n) is 22.1. The lowest BCUT2D eigenvalue weighted by molar-refractivity contribution is -0.121. The number of likely N-dealkylation sites (tertiary alicyclic amines) is 1. The molecule has 1 amide bonds. The molecule has 5 rings (SSSR count). The van der Waals surface area contributed by atoms with Crippen LogP contribution in [0.25, 0.3) is 0 Å². The Kier molecular flexibility index (Phi) is 7.81. The van der Waals surface area contributed by atoms with Crippen LogP contribution in [-0.2, 0) is 11.2 Å². The number of hydrogen-bond acceptors (Lipinski definition) is 8. The SMILES string of the molecule is COc1ccc(C(=O)C(NC2CCN(C3CCc4ccccc4NC3=O)CC2)c2oc(C)cc(=O)c2O)cc1. The van der Waals surface area contributed by atoms with Gasteiger partial charge in [-0.3, -0.25) is 24.6 Å². The van der Waals surface area contributed by atoms with Gasteiger partial charge in [0.25, 0.3) is 0 Å². The van der Waals surface area contributed by atoms with Gasteiger partial charge in [0.05, 0.1) is 13.2 Å². The van der Waals surface area contributed by atoms with E-state index in [-0.39, 0.29) is 29.5 Å². The third-order valence-electron chi connectivity index (χ3n) is 7.61. The summed E-state index contributed by atoms with van der Waals surface area (Å²) in [6.45, 7) is 2.94. The third-order valence-corrected chi connectivity index (χ3v) is 7.61. The number of piperidine rings is 1. The predicted molar refractivity (Wildman–Crippen MR) is 146 cm³/mol. The van der Waals surface area contributed by atoms with Gasteiger partial charge < -0.3 is 19.6 Å². The minimum absolute atomic E-state index is 0.00498. The van der Waals surface area contributed by atoms with Gasteiger partial charge in [-0.05, 0) is 68.5 Å². The van der Waals surface area contributed by atoms with E-state index in [4.69, 9.17) is 9.15 Å². The summed E-state index contributed by atoms with van der Waals surface area (Å²) in [7, 11) is 1.55. The number of benzene rings is 2. The molecule has 1 fully saturated rings. The third kappa shape index (κ3) is 5.74. The zero-order valence-corrected chi connectivity index (χ0v) is 22.1. The van der Waals surface area contributed by atoms with Gasteiger partial charge >= 0.3 is 0 Å². The molecule has 3 aromatic rings. The predicted octanol–water partition coefficient (Wildman–Crippen LogP) is 3.59. The molecule has 1 aromatic heterocycles. The second kappa shape index (κ2) is 11.4. The maximum atomic E-state index is 13.7. The fraction of sp³-hybridized carbons (Fsp3) is 0.367. The van der Waals surface area contributed by atoms with Gasteiger partial charge in [-0.1, -0.05) is 18.2 Å². The Hall–Kier alpha value is -3.95. The molecule has 0 radical (unpaired) electrons. The molecule has 2 aromatic carbocycles. The Bertz CT molecular complexity index is 1410. The lowest BCUT2D eigenvalue weighted by atomic mass is 9.96. The number of hydrogen-bond donors (Lipinski definition) is 3. The smallest absolute Gasteiger partial charge is 0.241 e. The van der Waals surface area contributed by atoms with Crippen molar-refractivity contribution in [3.8, 4) is 11.5 Å². The number of ketones is 1. The highest BCUT2D eigenvalue weighted by molar-refractivity contribution is 6.00. The van der Waals surface area contributed by atoms with E-state index >= 15 is 0 Å². The van der Waals surface area contributed by atoms with Gasteiger partial charge in [0.2, 0.25) is 17.1 Å². The van der Waals surface area contributed by atoms with Crippen LogP contribution in [0.15, 0.2) is 63.8 Å². The minimum atomic E-state index is -1.06. The Morgan fingerprint density at radius 2 is 1.82 bits per heavy atom. The molecule has 39 heavy (non-hydrogen) atoms. The van der Waals surface area contributed by atoms with E-state index in [2.05, 4.69) is 15.5 Å². The molecule has 0 bridgehead atoms. The molecule has 0 aliphatic carbocycles. The van der Waals surface area contributed by atoms with Crippen LogP contribution in [0.2, 0.25) is 0 Å². The summed E-state index contributed by atoms with van der Waals surface area (Å²) < 4.78 is 10.9. The summed E-state index contributed by atoms with van der Waals surface area (Å²) in [5.74, 6) is -0.0806. The Labute approximate surface area is 226 Å². The van der Waals surface area contributed by atoms with Gasteiger partial charge in [-0.25, -0.2) is 0 Å². The first kappa shape index (κ1) is 26.6. The summed E-state index contributed by atoms with van der Waals surface area (Å²) in [5.41, 5.74) is 1.81. The second-order valence-electron chi connectivity index (χ2n) is 10.1. The van der Waals surface area contributed by atoms with Crippen LogP contribution in [0, 0.1) is 6.92 Å². The summed E-state index contributed by atoms with van der Waals surface area (Å²) in [6.07, 6.45) is 2.92. The van der Waals surface area contributed by atoms with Crippen LogP contribution in [0.3, 0.4) is 0 Å².